The number of hydrogen-bond donors (Lipinski definition) is 2. The molecule has 2 N–H and O–H groups in total. The van der Waals surface area contributed by atoms with Crippen LogP contribution in [-0.4, -0.2) is 24.3 Å². The number of nitrogens with zero attached hydrogens (tertiary/aromatic N) is 2. The van der Waals surface area contributed by atoms with E-state index in [0.29, 0.717) is 25.6 Å². The summed E-state index contributed by atoms with van der Waals surface area (Å²) in [4.78, 5) is 4.28. The lowest BCUT2D eigenvalue weighted by Crippen LogP contribution is -2.36. The predicted molar refractivity (Wildman–Crippen MR) is 129 cm³/mol. The second-order valence-electron chi connectivity index (χ2n) is 7.19. The maximum absolute atomic E-state index is 5.68. The summed E-state index contributed by atoms with van der Waals surface area (Å²) >= 11 is 0. The fourth-order valence-corrected chi connectivity index (χ4v) is 2.98. The molecule has 0 aliphatic carbocycles. The van der Waals surface area contributed by atoms with Crippen molar-refractivity contribution in [3.8, 4) is 0 Å². The molecule has 0 fully saturated rings. The van der Waals surface area contributed by atoms with Crippen LogP contribution < -0.4 is 10.6 Å². The minimum Gasteiger partial charge on any atom is -0.374 e. The highest BCUT2D eigenvalue weighted by molar-refractivity contribution is 14.0. The van der Waals surface area contributed by atoms with Gasteiger partial charge in [0.25, 0.3) is 0 Å². The molecular formula is C22H35IN4O2. The van der Waals surface area contributed by atoms with Crippen LogP contribution in [0.1, 0.15) is 69.0 Å². The maximum atomic E-state index is 5.68. The Balaban J connectivity index is 0.00000420. The van der Waals surface area contributed by atoms with Crippen LogP contribution in [0.15, 0.2) is 39.8 Å². The summed E-state index contributed by atoms with van der Waals surface area (Å²) in [7, 11) is 1.76. The third-order valence-corrected chi connectivity index (χ3v) is 4.67. The fourth-order valence-electron chi connectivity index (χ4n) is 2.98. The van der Waals surface area contributed by atoms with Gasteiger partial charge < -0.3 is 19.9 Å². The number of guanidine groups is 1. The first kappa shape index (κ1) is 25.4. The van der Waals surface area contributed by atoms with Crippen LogP contribution in [0, 0.1) is 0 Å². The van der Waals surface area contributed by atoms with Crippen molar-refractivity contribution >= 4 is 29.9 Å². The first-order valence-corrected chi connectivity index (χ1v) is 10.1. The molecule has 2 rings (SSSR count). The highest BCUT2D eigenvalue weighted by Crippen LogP contribution is 2.22. The van der Waals surface area contributed by atoms with Crippen molar-refractivity contribution in [2.75, 3.05) is 7.05 Å². The van der Waals surface area contributed by atoms with Gasteiger partial charge in [-0.05, 0) is 37.8 Å². The molecule has 162 valence electrons. The Hall–Kier alpha value is -1.61. The van der Waals surface area contributed by atoms with Gasteiger partial charge in [-0.3, -0.25) is 4.99 Å². The maximum Gasteiger partial charge on any atom is 0.191 e. The van der Waals surface area contributed by atoms with E-state index in [-0.39, 0.29) is 30.1 Å². The summed E-state index contributed by atoms with van der Waals surface area (Å²) in [5, 5.41) is 10.8. The van der Waals surface area contributed by atoms with E-state index in [0.717, 1.165) is 30.3 Å². The highest BCUT2D eigenvalue weighted by atomic mass is 127. The average Bonchev–Trinajstić information content (AvgIpc) is 3.16. The van der Waals surface area contributed by atoms with Gasteiger partial charge in [-0.1, -0.05) is 43.3 Å². The molecule has 0 bridgehead atoms. The number of benzene rings is 1. The molecule has 0 aliphatic heterocycles. The molecule has 0 saturated carbocycles. The SMILES string of the molecule is CCC(CC)c1cc(CNC(=NC)NCc2cccc(COC(C)C)c2)on1.I. The van der Waals surface area contributed by atoms with E-state index in [1.807, 2.05) is 19.9 Å². The van der Waals surface area contributed by atoms with Crippen molar-refractivity contribution in [3.05, 3.63) is 52.9 Å². The predicted octanol–water partition coefficient (Wildman–Crippen LogP) is 4.99. The number of rotatable bonds is 10. The zero-order valence-corrected chi connectivity index (χ0v) is 20.5. The van der Waals surface area contributed by atoms with E-state index in [4.69, 9.17) is 9.26 Å². The molecule has 0 radical (unpaired) electrons. The summed E-state index contributed by atoms with van der Waals surface area (Å²) in [6, 6.07) is 10.4. The monoisotopic (exact) mass is 514 g/mol. The van der Waals surface area contributed by atoms with E-state index < -0.39 is 0 Å². The highest BCUT2D eigenvalue weighted by Gasteiger charge is 2.13. The Morgan fingerprint density at radius 1 is 1.10 bits per heavy atom. The number of aliphatic imine (C=N–C) groups is 1. The van der Waals surface area contributed by atoms with Crippen molar-refractivity contribution in [1.82, 2.24) is 15.8 Å². The van der Waals surface area contributed by atoms with Crippen molar-refractivity contribution in [2.45, 2.75) is 72.3 Å². The molecule has 1 heterocycles. The molecule has 7 heteroatoms. The Morgan fingerprint density at radius 2 is 1.79 bits per heavy atom. The summed E-state index contributed by atoms with van der Waals surface area (Å²) < 4.78 is 11.1. The summed E-state index contributed by atoms with van der Waals surface area (Å²) in [5.74, 6) is 2.00. The van der Waals surface area contributed by atoms with Crippen LogP contribution in [-0.2, 0) is 24.4 Å². The van der Waals surface area contributed by atoms with Gasteiger partial charge >= 0.3 is 0 Å². The van der Waals surface area contributed by atoms with E-state index in [2.05, 4.69) is 58.9 Å². The number of halogens is 1. The molecule has 0 aliphatic rings. The lowest BCUT2D eigenvalue weighted by Gasteiger charge is -2.12. The van der Waals surface area contributed by atoms with E-state index in [9.17, 15) is 0 Å². The largest absolute Gasteiger partial charge is 0.374 e. The topological polar surface area (TPSA) is 71.7 Å². The smallest absolute Gasteiger partial charge is 0.191 e. The quantitative estimate of drug-likeness (QED) is 0.266. The van der Waals surface area contributed by atoms with Crippen molar-refractivity contribution in [1.29, 1.82) is 0 Å². The second kappa shape index (κ2) is 13.6. The van der Waals surface area contributed by atoms with E-state index >= 15 is 0 Å². The Bertz CT molecular complexity index is 742. The molecule has 0 spiro atoms. The third kappa shape index (κ3) is 8.74. The van der Waals surface area contributed by atoms with Gasteiger partial charge in [-0.15, -0.1) is 24.0 Å². The minimum absolute atomic E-state index is 0. The molecule has 0 amide bonds. The van der Waals surface area contributed by atoms with Crippen LogP contribution in [0.2, 0.25) is 0 Å². The van der Waals surface area contributed by atoms with Crippen molar-refractivity contribution < 1.29 is 9.26 Å². The first-order valence-electron chi connectivity index (χ1n) is 10.1. The molecule has 1 aromatic heterocycles. The Labute approximate surface area is 191 Å². The van der Waals surface area contributed by atoms with Crippen LogP contribution in [0.3, 0.4) is 0 Å². The number of nitrogens with one attached hydrogen (secondary N) is 2. The van der Waals surface area contributed by atoms with Crippen molar-refractivity contribution in [3.63, 3.8) is 0 Å². The lowest BCUT2D eigenvalue weighted by atomic mass is 9.99. The van der Waals surface area contributed by atoms with Crippen LogP contribution in [0.4, 0.5) is 0 Å². The molecule has 6 nitrogen and oxygen atoms in total. The lowest BCUT2D eigenvalue weighted by molar-refractivity contribution is 0.0657. The zero-order valence-electron chi connectivity index (χ0n) is 18.2. The fraction of sp³-hybridized carbons (Fsp3) is 0.545. The molecular weight excluding hydrogens is 479 g/mol. The standard InChI is InChI=1S/C22H34N4O2.HI/c1-6-19(7-2)21-12-20(28-26-21)14-25-22(23-5)24-13-17-9-8-10-18(11-17)15-27-16(3)4;/h8-12,16,19H,6-7,13-15H2,1-5H3,(H2,23,24,25);1H. The normalized spacial score (nSPS) is 11.6. The van der Waals surface area contributed by atoms with E-state index in [1.165, 1.54) is 11.1 Å². The first-order chi connectivity index (χ1) is 13.5. The van der Waals surface area contributed by atoms with Gasteiger partial charge in [0.15, 0.2) is 11.7 Å². The summed E-state index contributed by atoms with van der Waals surface area (Å²) in [5.41, 5.74) is 3.39. The molecule has 0 unspecified atom stereocenters. The van der Waals surface area contributed by atoms with E-state index in [1.54, 1.807) is 7.05 Å². The second-order valence-corrected chi connectivity index (χ2v) is 7.19. The summed E-state index contributed by atoms with van der Waals surface area (Å²) in [6.07, 6.45) is 2.37. The van der Waals surface area contributed by atoms with Gasteiger partial charge in [0, 0.05) is 25.6 Å². The zero-order chi connectivity index (χ0) is 20.4. The van der Waals surface area contributed by atoms with Crippen LogP contribution in [0.5, 0.6) is 0 Å². The minimum atomic E-state index is 0. The number of aromatic nitrogens is 1. The molecule has 0 atom stereocenters. The summed E-state index contributed by atoms with van der Waals surface area (Å²) in [6.45, 7) is 10.3. The number of hydrogen-bond acceptors (Lipinski definition) is 4. The molecule has 1 aromatic carbocycles. The third-order valence-electron chi connectivity index (χ3n) is 4.67. The molecule has 2 aromatic rings. The van der Waals surface area contributed by atoms with Crippen molar-refractivity contribution in [2.24, 2.45) is 4.99 Å². The van der Waals surface area contributed by atoms with Gasteiger partial charge in [-0.25, -0.2) is 0 Å². The van der Waals surface area contributed by atoms with Crippen LogP contribution in [0.25, 0.3) is 0 Å². The van der Waals surface area contributed by atoms with Crippen LogP contribution >= 0.6 is 24.0 Å². The van der Waals surface area contributed by atoms with Gasteiger partial charge in [-0.2, -0.15) is 0 Å². The van der Waals surface area contributed by atoms with Gasteiger partial charge in [0.05, 0.1) is 24.9 Å². The molecule has 0 saturated heterocycles. The number of ether oxygens (including phenoxy) is 1. The Kier molecular flexibility index (Phi) is 11.9. The van der Waals surface area contributed by atoms with Gasteiger partial charge in [0.2, 0.25) is 0 Å². The average molecular weight is 514 g/mol. The Morgan fingerprint density at radius 3 is 2.45 bits per heavy atom. The molecule has 29 heavy (non-hydrogen) atoms. The van der Waals surface area contributed by atoms with Gasteiger partial charge in [0.1, 0.15) is 0 Å².